The Morgan fingerprint density at radius 1 is 1.16 bits per heavy atom. The summed E-state index contributed by atoms with van der Waals surface area (Å²) in [5, 5.41) is 8.27. The molecular weight excluding hydrogens is 404 g/mol. The molecule has 3 N–H and O–H groups in total. The van der Waals surface area contributed by atoms with Crippen LogP contribution >= 0.6 is 0 Å². The topological polar surface area (TPSA) is 110 Å². The summed E-state index contributed by atoms with van der Waals surface area (Å²) in [5.74, 6) is 1.13. The van der Waals surface area contributed by atoms with Crippen LogP contribution in [0.4, 0.5) is 5.82 Å². The Morgan fingerprint density at radius 3 is 2.81 bits per heavy atom. The summed E-state index contributed by atoms with van der Waals surface area (Å²) in [4.78, 5) is 23.8. The average molecular weight is 428 g/mol. The first-order chi connectivity index (χ1) is 15.6. The number of aromatic nitrogens is 3. The summed E-state index contributed by atoms with van der Waals surface area (Å²) in [6, 6.07) is 15.4. The van der Waals surface area contributed by atoms with Gasteiger partial charge in [0.25, 0.3) is 5.91 Å². The van der Waals surface area contributed by atoms with Gasteiger partial charge in [-0.2, -0.15) is 0 Å². The average Bonchev–Trinajstić information content (AvgIpc) is 3.14. The molecule has 3 heterocycles. The van der Waals surface area contributed by atoms with Crippen molar-refractivity contribution in [2.24, 2.45) is 5.73 Å². The molecule has 0 fully saturated rings. The number of primary amides is 1. The number of aryl methyl sites for hydroxylation is 1. The molecule has 32 heavy (non-hydrogen) atoms. The highest BCUT2D eigenvalue weighted by Crippen LogP contribution is 2.32. The van der Waals surface area contributed by atoms with Crippen LogP contribution in [-0.4, -0.2) is 39.5 Å². The van der Waals surface area contributed by atoms with E-state index in [2.05, 4.69) is 34.6 Å². The van der Waals surface area contributed by atoms with Gasteiger partial charge < -0.3 is 20.5 Å². The van der Waals surface area contributed by atoms with Crippen molar-refractivity contribution in [3.8, 4) is 11.6 Å². The van der Waals surface area contributed by atoms with Crippen LogP contribution in [-0.2, 0) is 19.5 Å². The fraction of sp³-hybridized carbons (Fsp3) is 0.250. The van der Waals surface area contributed by atoms with E-state index in [0.717, 1.165) is 43.0 Å². The standard InChI is InChI=1S/C24H24N6O2/c1-30-12-6-11-19-18(14-30)23(26-13-15-7-3-2-4-8-15)28-24(27-19)21-16-9-5-10-17(22(25)31)20(16)29-32-21/h2-5,7-10H,6,11-14H2,1H3,(H2,25,31)(H,26,27,28). The predicted molar refractivity (Wildman–Crippen MR) is 122 cm³/mol. The van der Waals surface area contributed by atoms with Crippen molar-refractivity contribution in [1.82, 2.24) is 20.0 Å². The van der Waals surface area contributed by atoms with Gasteiger partial charge in [-0.1, -0.05) is 41.6 Å². The second-order valence-corrected chi connectivity index (χ2v) is 8.08. The summed E-state index contributed by atoms with van der Waals surface area (Å²) < 4.78 is 5.63. The van der Waals surface area contributed by atoms with E-state index in [1.165, 1.54) is 5.56 Å². The van der Waals surface area contributed by atoms with Gasteiger partial charge in [0.15, 0.2) is 0 Å². The lowest BCUT2D eigenvalue weighted by Crippen LogP contribution is -2.19. The molecule has 2 aromatic heterocycles. The lowest BCUT2D eigenvalue weighted by Gasteiger charge is -2.17. The lowest BCUT2D eigenvalue weighted by molar-refractivity contribution is 0.100. The molecule has 8 heteroatoms. The summed E-state index contributed by atoms with van der Waals surface area (Å²) in [7, 11) is 2.11. The van der Waals surface area contributed by atoms with E-state index in [4.69, 9.17) is 20.2 Å². The van der Waals surface area contributed by atoms with Gasteiger partial charge in [-0.25, -0.2) is 9.97 Å². The number of anilines is 1. The van der Waals surface area contributed by atoms with Crippen molar-refractivity contribution in [2.75, 3.05) is 18.9 Å². The number of fused-ring (bicyclic) bond motifs is 2. The molecule has 162 valence electrons. The summed E-state index contributed by atoms with van der Waals surface area (Å²) >= 11 is 0. The minimum Gasteiger partial charge on any atom is -0.366 e. The molecule has 0 aliphatic carbocycles. The van der Waals surface area contributed by atoms with E-state index >= 15 is 0 Å². The van der Waals surface area contributed by atoms with Crippen LogP contribution in [0.15, 0.2) is 53.1 Å². The number of carbonyl (C=O) groups is 1. The number of nitrogens with zero attached hydrogens (tertiary/aromatic N) is 4. The largest absolute Gasteiger partial charge is 0.366 e. The molecule has 2 aromatic carbocycles. The van der Waals surface area contributed by atoms with Crippen molar-refractivity contribution < 1.29 is 9.32 Å². The molecular formula is C24H24N6O2. The molecule has 1 aliphatic heterocycles. The minimum atomic E-state index is -0.549. The van der Waals surface area contributed by atoms with Crippen LogP contribution in [0.1, 0.15) is 33.6 Å². The fourth-order valence-corrected chi connectivity index (χ4v) is 4.12. The third kappa shape index (κ3) is 3.80. The van der Waals surface area contributed by atoms with Crippen LogP contribution in [0.5, 0.6) is 0 Å². The first kappa shape index (κ1) is 20.1. The maximum atomic E-state index is 11.8. The van der Waals surface area contributed by atoms with Crippen LogP contribution in [0, 0.1) is 0 Å². The zero-order valence-corrected chi connectivity index (χ0v) is 17.8. The first-order valence-electron chi connectivity index (χ1n) is 10.6. The van der Waals surface area contributed by atoms with Gasteiger partial charge in [0.05, 0.1) is 16.6 Å². The van der Waals surface area contributed by atoms with Gasteiger partial charge in [0, 0.05) is 18.7 Å². The van der Waals surface area contributed by atoms with Gasteiger partial charge in [-0.15, -0.1) is 0 Å². The highest BCUT2D eigenvalue weighted by atomic mass is 16.5. The van der Waals surface area contributed by atoms with E-state index in [1.54, 1.807) is 12.1 Å². The summed E-state index contributed by atoms with van der Waals surface area (Å²) in [5.41, 5.74) is 9.52. The Morgan fingerprint density at radius 2 is 2.00 bits per heavy atom. The number of nitrogens with two attached hydrogens (primary N) is 1. The second-order valence-electron chi connectivity index (χ2n) is 8.08. The molecule has 0 spiro atoms. The smallest absolute Gasteiger partial charge is 0.251 e. The quantitative estimate of drug-likeness (QED) is 0.501. The van der Waals surface area contributed by atoms with Gasteiger partial charge >= 0.3 is 0 Å². The van der Waals surface area contributed by atoms with E-state index in [-0.39, 0.29) is 0 Å². The number of benzene rings is 2. The number of amides is 1. The number of hydrogen-bond donors (Lipinski definition) is 2. The van der Waals surface area contributed by atoms with Gasteiger partial charge in [0.1, 0.15) is 11.3 Å². The molecule has 8 nitrogen and oxygen atoms in total. The van der Waals surface area contributed by atoms with E-state index in [1.807, 2.05) is 24.3 Å². The molecule has 5 rings (SSSR count). The molecule has 0 saturated heterocycles. The van der Waals surface area contributed by atoms with Gasteiger partial charge in [-0.05, 0) is 44.1 Å². The molecule has 1 amide bonds. The maximum Gasteiger partial charge on any atom is 0.251 e. The fourth-order valence-electron chi connectivity index (χ4n) is 4.12. The molecule has 0 atom stereocenters. The SMILES string of the molecule is CN1CCCc2nc(-c3onc4c(C(N)=O)cccc34)nc(NCc3ccccc3)c2C1. The lowest BCUT2D eigenvalue weighted by atomic mass is 10.1. The van der Waals surface area contributed by atoms with Crippen LogP contribution in [0.25, 0.3) is 22.5 Å². The van der Waals surface area contributed by atoms with Crippen molar-refractivity contribution in [2.45, 2.75) is 25.9 Å². The van der Waals surface area contributed by atoms with Gasteiger partial charge in [0.2, 0.25) is 11.6 Å². The Labute approximate surface area is 185 Å². The molecule has 0 bridgehead atoms. The maximum absolute atomic E-state index is 11.8. The van der Waals surface area contributed by atoms with Crippen LogP contribution in [0.2, 0.25) is 0 Å². The highest BCUT2D eigenvalue weighted by molar-refractivity contribution is 6.07. The number of nitrogens with one attached hydrogen (secondary N) is 1. The third-order valence-electron chi connectivity index (χ3n) is 5.75. The Balaban J connectivity index is 1.60. The zero-order chi connectivity index (χ0) is 22.1. The van der Waals surface area contributed by atoms with E-state index in [9.17, 15) is 4.79 Å². The van der Waals surface area contributed by atoms with Crippen LogP contribution < -0.4 is 11.1 Å². The molecule has 0 unspecified atom stereocenters. The molecule has 0 saturated carbocycles. The Kier molecular flexibility index (Phi) is 5.28. The van der Waals surface area contributed by atoms with Crippen LogP contribution in [0.3, 0.4) is 0 Å². The first-order valence-corrected chi connectivity index (χ1v) is 10.6. The van der Waals surface area contributed by atoms with Crippen molar-refractivity contribution in [1.29, 1.82) is 0 Å². The number of rotatable bonds is 5. The van der Waals surface area contributed by atoms with Crippen molar-refractivity contribution >= 4 is 22.6 Å². The van der Waals surface area contributed by atoms with Crippen molar-refractivity contribution in [3.05, 3.63) is 70.9 Å². The number of carbonyl (C=O) groups excluding carboxylic acids is 1. The molecule has 1 aliphatic rings. The second kappa shape index (κ2) is 8.39. The number of hydrogen-bond acceptors (Lipinski definition) is 7. The minimum absolute atomic E-state index is 0.316. The Bertz CT molecular complexity index is 1280. The monoisotopic (exact) mass is 428 g/mol. The highest BCUT2D eigenvalue weighted by Gasteiger charge is 2.23. The summed E-state index contributed by atoms with van der Waals surface area (Å²) in [6.45, 7) is 2.42. The molecule has 0 radical (unpaired) electrons. The zero-order valence-electron chi connectivity index (χ0n) is 17.8. The van der Waals surface area contributed by atoms with E-state index < -0.39 is 5.91 Å². The normalized spacial score (nSPS) is 14.2. The van der Waals surface area contributed by atoms with E-state index in [0.29, 0.717) is 34.6 Å². The predicted octanol–water partition coefficient (Wildman–Crippen LogP) is 3.37. The van der Waals surface area contributed by atoms with Crippen molar-refractivity contribution in [3.63, 3.8) is 0 Å². The summed E-state index contributed by atoms with van der Waals surface area (Å²) in [6.07, 6.45) is 1.87. The molecule has 4 aromatic rings. The third-order valence-corrected chi connectivity index (χ3v) is 5.75. The van der Waals surface area contributed by atoms with Gasteiger partial charge in [-0.3, -0.25) is 4.79 Å². The Hall–Kier alpha value is -3.78.